The number of nitrogens with one attached hydrogen (secondary N) is 2. The molecule has 3 rings (SSSR count). The molecule has 0 aromatic carbocycles. The lowest BCUT2D eigenvalue weighted by Crippen LogP contribution is -2.17. The van der Waals surface area contributed by atoms with Gasteiger partial charge in [-0.2, -0.15) is 18.3 Å². The average Bonchev–Trinajstić information content (AvgIpc) is 3.23. The fourth-order valence-corrected chi connectivity index (χ4v) is 2.89. The molecule has 0 unspecified atom stereocenters. The quantitative estimate of drug-likeness (QED) is 0.639. The van der Waals surface area contributed by atoms with E-state index in [9.17, 15) is 22.8 Å². The molecule has 12 heteroatoms. The van der Waals surface area contributed by atoms with E-state index in [1.165, 1.54) is 19.3 Å². The van der Waals surface area contributed by atoms with Crippen molar-refractivity contribution in [3.05, 3.63) is 40.8 Å². The zero-order valence-electron chi connectivity index (χ0n) is 13.1. The number of rotatable bonds is 4. The number of aryl methyl sites for hydroxylation is 1. The van der Waals surface area contributed by atoms with Crippen molar-refractivity contribution < 1.29 is 22.8 Å². The van der Waals surface area contributed by atoms with Crippen LogP contribution in [-0.4, -0.2) is 31.6 Å². The Kier molecular flexibility index (Phi) is 4.28. The summed E-state index contributed by atoms with van der Waals surface area (Å²) >= 11 is 1.02. The molecule has 8 nitrogen and oxygen atoms in total. The molecule has 3 aromatic rings. The Balaban J connectivity index is 1.81. The predicted molar refractivity (Wildman–Crippen MR) is 86.6 cm³/mol. The second-order valence-electron chi connectivity index (χ2n) is 5.22. The van der Waals surface area contributed by atoms with E-state index >= 15 is 0 Å². The van der Waals surface area contributed by atoms with Crippen molar-refractivity contribution in [3.8, 4) is 11.3 Å². The molecule has 0 saturated carbocycles. The monoisotopic (exact) mass is 384 g/mol. The lowest BCUT2D eigenvalue weighted by molar-refractivity contribution is -0.141. The summed E-state index contributed by atoms with van der Waals surface area (Å²) in [7, 11) is 1.29. The number of H-pyrrole nitrogens is 1. The summed E-state index contributed by atoms with van der Waals surface area (Å²) in [4.78, 5) is 30.0. The number of hydrogen-bond donors (Lipinski definition) is 3. The van der Waals surface area contributed by atoms with Gasteiger partial charge >= 0.3 is 6.18 Å². The van der Waals surface area contributed by atoms with Gasteiger partial charge in [-0.15, -0.1) is 11.3 Å². The number of carbonyl (C=O) groups excluding carboxylic acids is 2. The number of aromatic nitrogens is 4. The van der Waals surface area contributed by atoms with Crippen LogP contribution in [0.4, 0.5) is 18.3 Å². The van der Waals surface area contributed by atoms with Crippen LogP contribution in [-0.2, 0) is 13.2 Å². The Labute approximate surface area is 147 Å². The molecule has 136 valence electrons. The van der Waals surface area contributed by atoms with Crippen molar-refractivity contribution in [2.45, 2.75) is 6.18 Å². The third kappa shape index (κ3) is 3.44. The molecule has 0 spiro atoms. The lowest BCUT2D eigenvalue weighted by atomic mass is 10.2. The number of amides is 2. The molecule has 26 heavy (non-hydrogen) atoms. The Hall–Kier alpha value is -3.15. The van der Waals surface area contributed by atoms with E-state index in [-0.39, 0.29) is 10.8 Å². The molecule has 0 radical (unpaired) electrons. The standard InChI is InChI=1S/C14H11F3N6O2S/c1-23-4-7(10(22-23)14(15,16)17)12(25)21-13-20-9(5-26-13)6-2-8(11(18)24)19-3-6/h2-5,19H,1H3,(H2,18,24)(H,20,21,25). The minimum Gasteiger partial charge on any atom is -0.364 e. The minimum absolute atomic E-state index is 0.101. The number of halogens is 3. The molecule has 4 N–H and O–H groups in total. The van der Waals surface area contributed by atoms with Crippen molar-refractivity contribution in [2.75, 3.05) is 5.32 Å². The fraction of sp³-hybridized carbons (Fsp3) is 0.143. The van der Waals surface area contributed by atoms with Crippen LogP contribution in [0, 0.1) is 0 Å². The normalized spacial score (nSPS) is 11.5. The molecule has 3 heterocycles. The van der Waals surface area contributed by atoms with Crippen LogP contribution in [0.25, 0.3) is 11.3 Å². The number of nitrogens with zero attached hydrogens (tertiary/aromatic N) is 3. The van der Waals surface area contributed by atoms with Gasteiger partial charge in [0.15, 0.2) is 10.8 Å². The largest absolute Gasteiger partial charge is 0.435 e. The molecule has 0 fully saturated rings. The summed E-state index contributed by atoms with van der Waals surface area (Å²) in [5.41, 5.74) is 4.43. The molecule has 0 saturated heterocycles. The minimum atomic E-state index is -4.75. The van der Waals surface area contributed by atoms with E-state index in [1.54, 1.807) is 5.38 Å². The van der Waals surface area contributed by atoms with Gasteiger partial charge in [0.25, 0.3) is 11.8 Å². The van der Waals surface area contributed by atoms with E-state index in [1.807, 2.05) is 0 Å². The number of hydrogen-bond acceptors (Lipinski definition) is 5. The van der Waals surface area contributed by atoms with Gasteiger partial charge in [-0.1, -0.05) is 0 Å². The highest BCUT2D eigenvalue weighted by Crippen LogP contribution is 2.31. The number of carbonyl (C=O) groups is 2. The van der Waals surface area contributed by atoms with E-state index in [0.29, 0.717) is 11.3 Å². The van der Waals surface area contributed by atoms with E-state index < -0.39 is 29.2 Å². The van der Waals surface area contributed by atoms with E-state index in [4.69, 9.17) is 5.73 Å². The summed E-state index contributed by atoms with van der Waals surface area (Å²) in [5.74, 6) is -1.62. The van der Waals surface area contributed by atoms with Crippen molar-refractivity contribution >= 4 is 28.3 Å². The van der Waals surface area contributed by atoms with Gasteiger partial charge < -0.3 is 10.7 Å². The lowest BCUT2D eigenvalue weighted by Gasteiger charge is -2.05. The molecule has 0 aliphatic rings. The second kappa shape index (κ2) is 6.29. The highest BCUT2D eigenvalue weighted by molar-refractivity contribution is 7.14. The van der Waals surface area contributed by atoms with Crippen molar-refractivity contribution in [2.24, 2.45) is 12.8 Å². The van der Waals surface area contributed by atoms with Gasteiger partial charge in [0.05, 0.1) is 11.3 Å². The van der Waals surface area contributed by atoms with Crippen LogP contribution in [0.15, 0.2) is 23.8 Å². The third-order valence-electron chi connectivity index (χ3n) is 3.31. The number of thiazole rings is 1. The topological polar surface area (TPSA) is 119 Å². The van der Waals surface area contributed by atoms with Crippen LogP contribution in [0.5, 0.6) is 0 Å². The maximum absolute atomic E-state index is 12.9. The zero-order valence-corrected chi connectivity index (χ0v) is 13.9. The maximum Gasteiger partial charge on any atom is 0.435 e. The molecular weight excluding hydrogens is 373 g/mol. The summed E-state index contributed by atoms with van der Waals surface area (Å²) in [6.45, 7) is 0. The second-order valence-corrected chi connectivity index (χ2v) is 6.08. The summed E-state index contributed by atoms with van der Waals surface area (Å²) in [5, 5.41) is 7.28. The summed E-state index contributed by atoms with van der Waals surface area (Å²) in [6, 6.07) is 1.48. The first-order chi connectivity index (χ1) is 12.1. The van der Waals surface area contributed by atoms with Gasteiger partial charge in [-0.3, -0.25) is 19.6 Å². The first-order valence-electron chi connectivity index (χ1n) is 7.01. The van der Waals surface area contributed by atoms with Crippen LogP contribution >= 0.6 is 11.3 Å². The van der Waals surface area contributed by atoms with Crippen LogP contribution in [0.3, 0.4) is 0 Å². The van der Waals surface area contributed by atoms with Crippen molar-refractivity contribution in [3.63, 3.8) is 0 Å². The molecule has 0 aliphatic carbocycles. The molecular formula is C14H11F3N6O2S. The smallest absolute Gasteiger partial charge is 0.364 e. The van der Waals surface area contributed by atoms with E-state index in [2.05, 4.69) is 20.4 Å². The van der Waals surface area contributed by atoms with Gasteiger partial charge in [-0.05, 0) is 6.07 Å². The Bertz CT molecular complexity index is 987. The average molecular weight is 384 g/mol. The highest BCUT2D eigenvalue weighted by atomic mass is 32.1. The first kappa shape index (κ1) is 17.7. The molecule has 3 aromatic heterocycles. The number of nitrogens with two attached hydrogens (primary N) is 1. The van der Waals surface area contributed by atoms with E-state index in [0.717, 1.165) is 22.2 Å². The molecule has 2 amide bonds. The van der Waals surface area contributed by atoms with Crippen molar-refractivity contribution in [1.82, 2.24) is 19.7 Å². The number of alkyl halides is 3. The van der Waals surface area contributed by atoms with Gasteiger partial charge in [-0.25, -0.2) is 4.98 Å². The Morgan fingerprint density at radius 2 is 2.12 bits per heavy atom. The maximum atomic E-state index is 12.9. The van der Waals surface area contributed by atoms with Gasteiger partial charge in [0.1, 0.15) is 5.69 Å². The predicted octanol–water partition coefficient (Wildman–Crippen LogP) is 2.24. The molecule has 0 aliphatic heterocycles. The fourth-order valence-electron chi connectivity index (χ4n) is 2.18. The number of aromatic amines is 1. The summed E-state index contributed by atoms with van der Waals surface area (Å²) < 4.78 is 39.7. The number of anilines is 1. The van der Waals surface area contributed by atoms with Crippen LogP contribution < -0.4 is 11.1 Å². The first-order valence-corrected chi connectivity index (χ1v) is 7.89. The molecule has 0 atom stereocenters. The SMILES string of the molecule is Cn1cc(C(=O)Nc2nc(-c3c[nH]c(C(N)=O)c3)cs2)c(C(F)(F)F)n1. The summed E-state index contributed by atoms with van der Waals surface area (Å²) in [6.07, 6.45) is -2.26. The highest BCUT2D eigenvalue weighted by Gasteiger charge is 2.39. The Morgan fingerprint density at radius 3 is 2.73 bits per heavy atom. The zero-order chi connectivity index (χ0) is 19.1. The Morgan fingerprint density at radius 1 is 1.38 bits per heavy atom. The van der Waals surface area contributed by atoms with Crippen molar-refractivity contribution in [1.29, 1.82) is 0 Å². The molecule has 0 bridgehead atoms. The number of primary amides is 1. The van der Waals surface area contributed by atoms with Crippen LogP contribution in [0.1, 0.15) is 26.5 Å². The van der Waals surface area contributed by atoms with Crippen LogP contribution in [0.2, 0.25) is 0 Å². The van der Waals surface area contributed by atoms with Gasteiger partial charge in [0, 0.05) is 30.4 Å². The van der Waals surface area contributed by atoms with Gasteiger partial charge in [0.2, 0.25) is 0 Å². The third-order valence-corrected chi connectivity index (χ3v) is 4.07.